The topological polar surface area (TPSA) is 156 Å². The molecule has 0 aromatic carbocycles. The van der Waals surface area contributed by atoms with Gasteiger partial charge in [-0.2, -0.15) is 0 Å². The third kappa shape index (κ3) is 26.9. The van der Waals surface area contributed by atoms with Gasteiger partial charge in [-0.25, -0.2) is 0 Å². The summed E-state index contributed by atoms with van der Waals surface area (Å²) in [5.41, 5.74) is 0. The molecule has 0 radical (unpaired) electrons. The monoisotopic (exact) mass is 401 g/mol. The van der Waals surface area contributed by atoms with Gasteiger partial charge in [0, 0.05) is 13.1 Å². The van der Waals surface area contributed by atoms with Crippen LogP contribution in [0, 0.1) is 0 Å². The van der Waals surface area contributed by atoms with Gasteiger partial charge in [0.15, 0.2) is 0 Å². The van der Waals surface area contributed by atoms with E-state index in [1.807, 2.05) is 0 Å². The molecule has 12 heteroatoms. The van der Waals surface area contributed by atoms with E-state index in [1.54, 1.807) is 0 Å². The highest BCUT2D eigenvalue weighted by Gasteiger charge is 2.17. The fourth-order valence-electron chi connectivity index (χ4n) is 1.48. The molecule has 0 rings (SSSR count). The van der Waals surface area contributed by atoms with E-state index in [0.717, 1.165) is 14.3 Å². The van der Waals surface area contributed by atoms with E-state index in [1.165, 1.54) is 0 Å². The van der Waals surface area contributed by atoms with Crippen molar-refractivity contribution in [2.45, 2.75) is 0 Å². The Balaban J connectivity index is -0.000000772. The zero-order valence-corrected chi connectivity index (χ0v) is 16.1. The lowest BCUT2D eigenvalue weighted by Crippen LogP contribution is -3.00. The highest BCUT2D eigenvalue weighted by molar-refractivity contribution is 5.73. The Morgan fingerprint density at radius 2 is 0.769 bits per heavy atom. The number of carboxylic acid groups (broad SMARTS) is 4. The minimum absolute atomic E-state index is 0. The van der Waals surface area contributed by atoms with Crippen LogP contribution in [0.1, 0.15) is 0 Å². The average molecular weight is 402 g/mol. The lowest BCUT2D eigenvalue weighted by molar-refractivity contribution is -0.849. The summed E-state index contributed by atoms with van der Waals surface area (Å²) in [6.07, 6.45) is 0. The third-order valence-electron chi connectivity index (χ3n) is 2.17. The summed E-state index contributed by atoms with van der Waals surface area (Å²) < 4.78 is 1.00. The predicted octanol–water partition coefficient (Wildman–Crippen LogP) is -4.74. The van der Waals surface area contributed by atoms with Crippen LogP contribution in [0.2, 0.25) is 0 Å². The van der Waals surface area contributed by atoms with E-state index in [0.29, 0.717) is 0 Å². The van der Waals surface area contributed by atoms with E-state index in [9.17, 15) is 19.2 Å². The normalized spacial score (nSPS) is 10.5. The van der Waals surface area contributed by atoms with Crippen LogP contribution < -0.4 is 12.4 Å². The van der Waals surface area contributed by atoms with Crippen LogP contribution in [0.4, 0.5) is 0 Å². The number of aliphatic carboxylic acids is 4. The maximum absolute atomic E-state index is 10.6. The highest BCUT2D eigenvalue weighted by Crippen LogP contribution is 1.94. The minimum Gasteiger partial charge on any atom is -1.00 e. The Kier molecular flexibility index (Phi) is 15.8. The van der Waals surface area contributed by atoms with Crippen LogP contribution >= 0.6 is 0 Å². The standard InChI is InChI=1S/C10H16N2O8.C4H12N.ClH/c13-7(14)3-11(4-8(15)16)1-2-12(5-9(17)18)6-10(19)20;1-5(2,3)4;/h1-6H2,(H,13,14)(H,15,16)(H,17,18)(H,19,20);1-4H3;1H/q;+1;/p-1. The second-order valence-electron chi connectivity index (χ2n) is 6.68. The van der Waals surface area contributed by atoms with Crippen LogP contribution in [0.5, 0.6) is 0 Å². The molecule has 0 aliphatic rings. The van der Waals surface area contributed by atoms with Crippen LogP contribution in [-0.4, -0.2) is 126 Å². The summed E-state index contributed by atoms with van der Waals surface area (Å²) in [5, 5.41) is 34.5. The molecule has 0 saturated carbocycles. The smallest absolute Gasteiger partial charge is 0.317 e. The molecule has 0 bridgehead atoms. The number of rotatable bonds is 11. The maximum atomic E-state index is 10.6. The van der Waals surface area contributed by atoms with Gasteiger partial charge in [-0.1, -0.05) is 0 Å². The molecule has 4 N–H and O–H groups in total. The van der Waals surface area contributed by atoms with Gasteiger partial charge in [0.05, 0.1) is 54.4 Å². The molecule has 0 aromatic rings. The van der Waals surface area contributed by atoms with Gasteiger partial charge < -0.3 is 37.3 Å². The van der Waals surface area contributed by atoms with Crippen molar-refractivity contribution < 1.29 is 56.5 Å². The summed E-state index contributed by atoms with van der Waals surface area (Å²) in [6, 6.07) is 0. The molecule has 0 unspecified atom stereocenters. The Labute approximate surface area is 158 Å². The summed E-state index contributed by atoms with van der Waals surface area (Å²) in [4.78, 5) is 44.4. The minimum atomic E-state index is -1.23. The highest BCUT2D eigenvalue weighted by atomic mass is 35.5. The van der Waals surface area contributed by atoms with E-state index in [4.69, 9.17) is 20.4 Å². The predicted molar refractivity (Wildman–Crippen MR) is 87.4 cm³/mol. The second-order valence-corrected chi connectivity index (χ2v) is 6.68. The van der Waals surface area contributed by atoms with E-state index in [-0.39, 0.29) is 25.5 Å². The van der Waals surface area contributed by atoms with Crippen LogP contribution in [-0.2, 0) is 19.2 Å². The SMILES string of the molecule is C[N+](C)(C)C.O=C(O)CN(CCN(CC(=O)O)CC(=O)O)CC(=O)O.[Cl-]. The largest absolute Gasteiger partial charge is 1.00 e. The molecule has 11 nitrogen and oxygen atoms in total. The molecule has 0 heterocycles. The summed E-state index contributed by atoms with van der Waals surface area (Å²) in [5.74, 6) is -4.91. The van der Waals surface area contributed by atoms with Crippen molar-refractivity contribution in [1.29, 1.82) is 0 Å². The van der Waals surface area contributed by atoms with Crippen molar-refractivity contribution in [2.24, 2.45) is 0 Å². The fourth-order valence-corrected chi connectivity index (χ4v) is 1.48. The molecule has 0 amide bonds. The average Bonchev–Trinajstić information content (AvgIpc) is 2.30. The molecular formula is C14H28ClN3O8. The summed E-state index contributed by atoms with van der Waals surface area (Å²) in [6.45, 7) is -2.25. The first-order valence-electron chi connectivity index (χ1n) is 7.31. The Hall–Kier alpha value is -1.95. The Morgan fingerprint density at radius 1 is 0.615 bits per heavy atom. The van der Waals surface area contributed by atoms with Crippen molar-refractivity contribution >= 4 is 23.9 Å². The summed E-state index contributed by atoms with van der Waals surface area (Å²) >= 11 is 0. The molecule has 154 valence electrons. The number of hydrogen-bond donors (Lipinski definition) is 4. The Bertz CT molecular complexity index is 394. The number of carboxylic acids is 4. The lowest BCUT2D eigenvalue weighted by Gasteiger charge is -2.23. The molecule has 0 aliphatic heterocycles. The van der Waals surface area contributed by atoms with E-state index >= 15 is 0 Å². The first kappa shape index (κ1) is 28.8. The second kappa shape index (κ2) is 14.2. The maximum Gasteiger partial charge on any atom is 0.317 e. The third-order valence-corrected chi connectivity index (χ3v) is 2.17. The zero-order valence-electron chi connectivity index (χ0n) is 15.4. The molecule has 0 spiro atoms. The number of halogens is 1. The van der Waals surface area contributed by atoms with E-state index < -0.39 is 50.1 Å². The van der Waals surface area contributed by atoms with Crippen molar-refractivity contribution in [1.82, 2.24) is 9.80 Å². The van der Waals surface area contributed by atoms with Gasteiger partial charge in [0.25, 0.3) is 0 Å². The van der Waals surface area contributed by atoms with Gasteiger partial charge in [0.1, 0.15) is 0 Å². The van der Waals surface area contributed by atoms with Crippen LogP contribution in [0.15, 0.2) is 0 Å². The first-order chi connectivity index (χ1) is 11.2. The van der Waals surface area contributed by atoms with Gasteiger partial charge >= 0.3 is 23.9 Å². The lowest BCUT2D eigenvalue weighted by atomic mass is 10.4. The van der Waals surface area contributed by atoms with Crippen molar-refractivity contribution in [3.8, 4) is 0 Å². The summed E-state index contributed by atoms with van der Waals surface area (Å²) in [7, 11) is 8.50. The molecule has 0 aromatic heterocycles. The molecule has 0 atom stereocenters. The first-order valence-corrected chi connectivity index (χ1v) is 7.31. The molecule has 0 saturated heterocycles. The van der Waals surface area contributed by atoms with Crippen molar-refractivity contribution in [3.05, 3.63) is 0 Å². The Morgan fingerprint density at radius 3 is 0.885 bits per heavy atom. The molecular weight excluding hydrogens is 374 g/mol. The fraction of sp³-hybridized carbons (Fsp3) is 0.714. The quantitative estimate of drug-likeness (QED) is 0.248. The van der Waals surface area contributed by atoms with E-state index in [2.05, 4.69) is 28.2 Å². The van der Waals surface area contributed by atoms with Gasteiger partial charge in [-0.05, 0) is 0 Å². The van der Waals surface area contributed by atoms with Crippen molar-refractivity contribution in [3.63, 3.8) is 0 Å². The number of nitrogens with zero attached hydrogens (tertiary/aromatic N) is 3. The van der Waals surface area contributed by atoms with Crippen LogP contribution in [0.25, 0.3) is 0 Å². The number of hydrogen-bond acceptors (Lipinski definition) is 6. The zero-order chi connectivity index (χ0) is 20.2. The number of carbonyl (C=O) groups is 4. The van der Waals surface area contributed by atoms with Gasteiger partial charge in [-0.3, -0.25) is 29.0 Å². The van der Waals surface area contributed by atoms with Crippen LogP contribution in [0.3, 0.4) is 0 Å². The number of quaternary nitrogens is 1. The molecule has 0 aliphatic carbocycles. The van der Waals surface area contributed by atoms with Gasteiger partial charge in [0.2, 0.25) is 0 Å². The van der Waals surface area contributed by atoms with Gasteiger partial charge in [-0.15, -0.1) is 0 Å². The van der Waals surface area contributed by atoms with Crippen molar-refractivity contribution in [2.75, 3.05) is 67.5 Å². The molecule has 26 heavy (non-hydrogen) atoms. The molecule has 0 fully saturated rings.